The van der Waals surface area contributed by atoms with Crippen molar-refractivity contribution in [2.24, 2.45) is 5.92 Å². The number of hydrogen-bond donors (Lipinski definition) is 2. The van der Waals surface area contributed by atoms with Crippen LogP contribution in [-0.4, -0.2) is 55.5 Å². The maximum absolute atomic E-state index is 15.0. The van der Waals surface area contributed by atoms with Gasteiger partial charge < -0.3 is 19.5 Å². The lowest BCUT2D eigenvalue weighted by molar-refractivity contribution is 0.0930. The van der Waals surface area contributed by atoms with Crippen LogP contribution in [0.3, 0.4) is 0 Å². The summed E-state index contributed by atoms with van der Waals surface area (Å²) in [5, 5.41) is 7.48. The number of ether oxygens (including phenoxy) is 1. The van der Waals surface area contributed by atoms with Crippen molar-refractivity contribution in [1.29, 1.82) is 0 Å². The van der Waals surface area contributed by atoms with Gasteiger partial charge in [0.25, 0.3) is 0 Å². The van der Waals surface area contributed by atoms with Crippen LogP contribution in [0.25, 0.3) is 22.8 Å². The van der Waals surface area contributed by atoms with Gasteiger partial charge in [0.15, 0.2) is 11.5 Å². The predicted molar refractivity (Wildman–Crippen MR) is 172 cm³/mol. The van der Waals surface area contributed by atoms with E-state index in [0.29, 0.717) is 65.1 Å². The summed E-state index contributed by atoms with van der Waals surface area (Å²) in [7, 11) is 0. The van der Waals surface area contributed by atoms with Gasteiger partial charge in [-0.3, -0.25) is 9.51 Å². The van der Waals surface area contributed by atoms with Crippen LogP contribution < -0.4 is 16.0 Å². The molecule has 1 saturated carbocycles. The normalized spacial score (nSPS) is 18.0. The van der Waals surface area contributed by atoms with Crippen molar-refractivity contribution in [3.8, 4) is 11.6 Å². The Labute approximate surface area is 266 Å². The molecule has 1 aliphatic heterocycles. The average molecular weight is 711 g/mol. The molecular formula is C31H32FIN8O3. The summed E-state index contributed by atoms with van der Waals surface area (Å²) < 4.78 is 28.4. The van der Waals surface area contributed by atoms with E-state index in [-0.39, 0.29) is 29.5 Å². The first-order valence-electron chi connectivity index (χ1n) is 14.8. The highest BCUT2D eigenvalue weighted by Crippen LogP contribution is 2.37. The number of morpholine rings is 1. The minimum Gasteiger partial charge on any atom is -0.377 e. The van der Waals surface area contributed by atoms with Gasteiger partial charge in [-0.2, -0.15) is 4.98 Å². The van der Waals surface area contributed by atoms with Crippen molar-refractivity contribution in [3.63, 3.8) is 0 Å². The maximum atomic E-state index is 15.0. The first kappa shape index (κ1) is 28.9. The number of nitrogens with zero attached hydrogens (tertiary/aromatic N) is 6. The number of hydrogen-bond acceptors (Lipinski definition) is 9. The monoisotopic (exact) mass is 710 g/mol. The van der Waals surface area contributed by atoms with Gasteiger partial charge in [-0.05, 0) is 48.4 Å². The van der Waals surface area contributed by atoms with Gasteiger partial charge in [0.1, 0.15) is 11.3 Å². The number of aromatic amines is 1. The predicted octanol–water partition coefficient (Wildman–Crippen LogP) is 5.47. The molecule has 2 aliphatic rings. The lowest BCUT2D eigenvalue weighted by Crippen LogP contribution is -2.41. The van der Waals surface area contributed by atoms with Crippen LogP contribution in [0.4, 0.5) is 16.2 Å². The molecule has 13 heteroatoms. The van der Waals surface area contributed by atoms with Crippen molar-refractivity contribution >= 4 is 45.5 Å². The summed E-state index contributed by atoms with van der Waals surface area (Å²) >= 11 is 2.17. The fourth-order valence-corrected chi connectivity index (χ4v) is 6.59. The average Bonchev–Trinajstić information content (AvgIpc) is 3.60. The molecule has 0 bridgehead atoms. The summed E-state index contributed by atoms with van der Waals surface area (Å²) in [6, 6.07) is 15.6. The number of aromatic nitrogens is 6. The number of H-pyrrole nitrogens is 1. The lowest BCUT2D eigenvalue weighted by Gasteiger charge is -2.37. The topological polar surface area (TPSA) is 127 Å². The fraction of sp³-hybridized carbons (Fsp3) is 0.387. The largest absolute Gasteiger partial charge is 0.439 e. The van der Waals surface area contributed by atoms with Crippen molar-refractivity contribution in [2.75, 3.05) is 30.0 Å². The minimum atomic E-state index is -0.691. The van der Waals surface area contributed by atoms with E-state index in [0.717, 1.165) is 24.0 Å². The molecule has 2 N–H and O–H groups in total. The van der Waals surface area contributed by atoms with Crippen LogP contribution in [0.1, 0.15) is 48.9 Å². The van der Waals surface area contributed by atoms with Crippen molar-refractivity contribution < 1.29 is 13.7 Å². The first-order valence-corrected chi connectivity index (χ1v) is 16.3. The van der Waals surface area contributed by atoms with E-state index < -0.39 is 5.76 Å². The molecule has 0 radical (unpaired) electrons. The summed E-state index contributed by atoms with van der Waals surface area (Å²) in [5.74, 6) is 1.16. The SMILES string of the molecule is C[C@@H](Nc1nc(-c2noc(=O)[nH]2)nc2nc(N3CCOC[C@H]3c3ccccc3)n(Cc3ccc(CI)c(F)c3)c12)C1CCC1. The molecule has 44 heavy (non-hydrogen) atoms. The van der Waals surface area contributed by atoms with Gasteiger partial charge in [0.2, 0.25) is 17.6 Å². The number of halogens is 2. The molecule has 0 unspecified atom stereocenters. The molecule has 1 aliphatic carbocycles. The number of anilines is 2. The highest BCUT2D eigenvalue weighted by atomic mass is 127. The van der Waals surface area contributed by atoms with E-state index in [1.54, 1.807) is 6.07 Å². The summed E-state index contributed by atoms with van der Waals surface area (Å²) in [6.07, 6.45) is 3.50. The smallest absolute Gasteiger partial charge is 0.377 e. The van der Waals surface area contributed by atoms with E-state index in [1.807, 2.05) is 30.3 Å². The van der Waals surface area contributed by atoms with Crippen LogP contribution in [0.15, 0.2) is 57.8 Å². The van der Waals surface area contributed by atoms with Gasteiger partial charge in [-0.25, -0.2) is 19.2 Å². The van der Waals surface area contributed by atoms with Crippen LogP contribution >= 0.6 is 22.6 Å². The Bertz CT molecular complexity index is 1840. The second kappa shape index (κ2) is 12.3. The molecule has 2 aromatic carbocycles. The third kappa shape index (κ3) is 5.58. The number of rotatable bonds is 9. The molecule has 2 atom stereocenters. The zero-order chi connectivity index (χ0) is 30.2. The molecule has 0 spiro atoms. The number of fused-ring (bicyclic) bond motifs is 1. The third-order valence-corrected chi connectivity index (χ3v) is 9.45. The van der Waals surface area contributed by atoms with E-state index in [1.165, 1.54) is 6.42 Å². The van der Waals surface area contributed by atoms with Crippen LogP contribution in [0.5, 0.6) is 0 Å². The van der Waals surface area contributed by atoms with E-state index in [4.69, 9.17) is 24.2 Å². The molecule has 4 heterocycles. The standard InChI is InChI=1S/C31H32FIN8O3/c1-18(20-8-5-9-20)34-26-25-27(36-28(35-26)29-38-31(42)44-39-29)37-30(41(25)16-19-10-11-22(15-33)23(32)14-19)40-12-13-43-17-24(40)21-6-3-2-4-7-21/h2-4,6-7,10-11,14,18,20,24H,5,8-9,12-13,15-17H2,1H3,(H,34,35,36)(H,38,39,42)/t18-,24+/m1/s1. The Morgan fingerprint density at radius 2 is 2.00 bits per heavy atom. The second-order valence-corrected chi connectivity index (χ2v) is 12.2. The number of nitrogens with one attached hydrogen (secondary N) is 2. The minimum absolute atomic E-state index is 0.0942. The van der Waals surface area contributed by atoms with Crippen molar-refractivity contribution in [1.82, 2.24) is 29.7 Å². The quantitative estimate of drug-likeness (QED) is 0.151. The van der Waals surface area contributed by atoms with Gasteiger partial charge in [0.05, 0.1) is 25.8 Å². The highest BCUT2D eigenvalue weighted by Gasteiger charge is 2.32. The van der Waals surface area contributed by atoms with Gasteiger partial charge in [-0.1, -0.05) is 76.6 Å². The first-order chi connectivity index (χ1) is 21.5. The van der Waals surface area contributed by atoms with Crippen LogP contribution in [0, 0.1) is 11.7 Å². The molecule has 0 amide bonds. The molecule has 5 aromatic rings. The Balaban J connectivity index is 1.42. The summed E-state index contributed by atoms with van der Waals surface area (Å²) in [6.45, 7) is 4.13. The molecule has 11 nitrogen and oxygen atoms in total. The zero-order valence-electron chi connectivity index (χ0n) is 24.2. The molecule has 7 rings (SSSR count). The Kier molecular flexibility index (Phi) is 8.06. The molecule has 228 valence electrons. The van der Waals surface area contributed by atoms with E-state index in [9.17, 15) is 4.79 Å². The number of imidazole rings is 1. The zero-order valence-corrected chi connectivity index (χ0v) is 26.3. The van der Waals surface area contributed by atoms with E-state index >= 15 is 4.39 Å². The van der Waals surface area contributed by atoms with Gasteiger partial charge >= 0.3 is 5.76 Å². The number of alkyl halides is 1. The fourth-order valence-electron chi connectivity index (χ4n) is 5.97. The molecular weight excluding hydrogens is 678 g/mol. The Morgan fingerprint density at radius 3 is 2.70 bits per heavy atom. The molecule has 3 aromatic heterocycles. The maximum Gasteiger partial charge on any atom is 0.439 e. The van der Waals surface area contributed by atoms with Gasteiger partial charge in [-0.15, -0.1) is 0 Å². The van der Waals surface area contributed by atoms with Crippen LogP contribution in [0.2, 0.25) is 0 Å². The lowest BCUT2D eigenvalue weighted by atomic mass is 9.80. The summed E-state index contributed by atoms with van der Waals surface area (Å²) in [5.41, 5.74) is 3.68. The molecule has 2 fully saturated rings. The second-order valence-electron chi connectivity index (χ2n) is 11.4. The highest BCUT2D eigenvalue weighted by molar-refractivity contribution is 14.1. The van der Waals surface area contributed by atoms with Crippen molar-refractivity contribution in [3.05, 3.63) is 81.6 Å². The van der Waals surface area contributed by atoms with E-state index in [2.05, 4.69) is 66.6 Å². The Morgan fingerprint density at radius 1 is 1.16 bits per heavy atom. The van der Waals surface area contributed by atoms with Crippen molar-refractivity contribution in [2.45, 2.75) is 49.2 Å². The Hall–Kier alpha value is -3.85. The van der Waals surface area contributed by atoms with Crippen LogP contribution in [-0.2, 0) is 15.7 Å². The molecule has 1 saturated heterocycles. The number of benzene rings is 2. The summed E-state index contributed by atoms with van der Waals surface area (Å²) in [4.78, 5) is 31.3. The van der Waals surface area contributed by atoms with Gasteiger partial charge in [0, 0.05) is 17.0 Å². The third-order valence-electron chi connectivity index (χ3n) is 8.63.